The molecule has 1 aromatic carbocycles. The zero-order valence-electron chi connectivity index (χ0n) is 13.0. The van der Waals surface area contributed by atoms with E-state index in [1.807, 2.05) is 0 Å². The van der Waals surface area contributed by atoms with Gasteiger partial charge in [0.05, 0.1) is 4.90 Å². The lowest BCUT2D eigenvalue weighted by Gasteiger charge is -2.13. The molecular formula is C14H12F4N4O3S. The third kappa shape index (κ3) is 4.07. The first-order chi connectivity index (χ1) is 12.2. The van der Waals surface area contributed by atoms with Gasteiger partial charge in [0.25, 0.3) is 9.84 Å². The SMILES string of the molecule is C=CCON=C(c1ccc(S(=O)(=O)C(F)(F)F)cc1)C(F)n1cncn1. The highest BCUT2D eigenvalue weighted by Gasteiger charge is 2.46. The smallest absolute Gasteiger partial charge is 0.391 e. The van der Waals surface area contributed by atoms with Gasteiger partial charge in [0.2, 0.25) is 6.30 Å². The molecule has 1 heterocycles. The third-order valence-corrected chi connectivity index (χ3v) is 4.52. The topological polar surface area (TPSA) is 86.4 Å². The second-order valence-electron chi connectivity index (χ2n) is 4.75. The summed E-state index contributed by atoms with van der Waals surface area (Å²) >= 11 is 0. The van der Waals surface area contributed by atoms with Gasteiger partial charge < -0.3 is 4.84 Å². The van der Waals surface area contributed by atoms with Gasteiger partial charge in [-0.1, -0.05) is 29.9 Å². The first-order valence-electron chi connectivity index (χ1n) is 6.89. The predicted octanol–water partition coefficient (Wildman–Crippen LogP) is 2.65. The first kappa shape index (κ1) is 19.6. The van der Waals surface area contributed by atoms with E-state index >= 15 is 0 Å². The summed E-state index contributed by atoms with van der Waals surface area (Å²) in [7, 11) is -5.51. The summed E-state index contributed by atoms with van der Waals surface area (Å²) in [5, 5.41) is 7.20. The summed E-state index contributed by atoms with van der Waals surface area (Å²) in [5.74, 6) is 0. The Morgan fingerprint density at radius 3 is 2.50 bits per heavy atom. The fraction of sp³-hybridized carbons (Fsp3) is 0.214. The van der Waals surface area contributed by atoms with E-state index in [0.29, 0.717) is 12.1 Å². The van der Waals surface area contributed by atoms with E-state index < -0.39 is 26.5 Å². The summed E-state index contributed by atoms with van der Waals surface area (Å²) in [6.07, 6.45) is 1.53. The number of alkyl halides is 4. The molecule has 1 unspecified atom stereocenters. The number of aromatic nitrogens is 3. The minimum Gasteiger partial charge on any atom is -0.391 e. The molecule has 0 aliphatic heterocycles. The molecule has 0 fully saturated rings. The molecule has 0 amide bonds. The average Bonchev–Trinajstić information content (AvgIpc) is 3.12. The molecule has 140 valence electrons. The van der Waals surface area contributed by atoms with Crippen molar-refractivity contribution in [3.63, 3.8) is 0 Å². The number of halogens is 4. The fourth-order valence-electron chi connectivity index (χ4n) is 1.79. The van der Waals surface area contributed by atoms with Crippen LogP contribution in [0.2, 0.25) is 0 Å². The van der Waals surface area contributed by atoms with Crippen LogP contribution in [-0.4, -0.2) is 41.0 Å². The number of benzene rings is 1. The first-order valence-corrected chi connectivity index (χ1v) is 8.37. The van der Waals surface area contributed by atoms with Crippen LogP contribution >= 0.6 is 0 Å². The number of sulfone groups is 1. The molecule has 0 aliphatic rings. The quantitative estimate of drug-likeness (QED) is 0.238. The maximum Gasteiger partial charge on any atom is 0.501 e. The Morgan fingerprint density at radius 2 is 2.00 bits per heavy atom. The molecule has 0 N–H and O–H groups in total. The summed E-state index contributed by atoms with van der Waals surface area (Å²) in [6, 6.07) is 3.38. The van der Waals surface area contributed by atoms with Crippen LogP contribution in [0.3, 0.4) is 0 Å². The molecule has 0 saturated heterocycles. The zero-order chi connectivity index (χ0) is 19.4. The van der Waals surface area contributed by atoms with Gasteiger partial charge >= 0.3 is 5.51 Å². The van der Waals surface area contributed by atoms with E-state index in [0.717, 1.165) is 29.5 Å². The van der Waals surface area contributed by atoms with E-state index in [-0.39, 0.29) is 17.9 Å². The summed E-state index contributed by atoms with van der Waals surface area (Å²) in [4.78, 5) is 7.45. The number of rotatable bonds is 7. The maximum atomic E-state index is 14.6. The van der Waals surface area contributed by atoms with Gasteiger partial charge in [-0.3, -0.25) is 0 Å². The standard InChI is InChI=1S/C14H12F4N4O3S/c1-2-7-25-21-12(13(15)22-9-19-8-20-22)10-3-5-11(6-4-10)26(23,24)14(16,17)18/h2-6,8-9,13H,1,7H2. The number of hydrogen-bond donors (Lipinski definition) is 0. The Morgan fingerprint density at radius 1 is 1.35 bits per heavy atom. The normalized spacial score (nSPS) is 14.1. The van der Waals surface area contributed by atoms with Crippen molar-refractivity contribution in [2.45, 2.75) is 16.7 Å². The molecule has 1 aromatic heterocycles. The van der Waals surface area contributed by atoms with Crippen molar-refractivity contribution in [2.24, 2.45) is 5.16 Å². The van der Waals surface area contributed by atoms with Gasteiger partial charge in [-0.15, -0.1) is 0 Å². The molecule has 2 rings (SSSR count). The Bertz CT molecular complexity index is 878. The zero-order valence-corrected chi connectivity index (χ0v) is 13.8. The monoisotopic (exact) mass is 392 g/mol. The van der Waals surface area contributed by atoms with E-state index in [1.165, 1.54) is 6.08 Å². The molecule has 1 atom stereocenters. The van der Waals surface area contributed by atoms with Crippen molar-refractivity contribution in [1.29, 1.82) is 0 Å². The van der Waals surface area contributed by atoms with Gasteiger partial charge in [-0.2, -0.15) is 18.3 Å². The Balaban J connectivity index is 2.40. The summed E-state index contributed by atoms with van der Waals surface area (Å²) in [5.41, 5.74) is -5.78. The largest absolute Gasteiger partial charge is 0.501 e. The lowest BCUT2D eigenvalue weighted by molar-refractivity contribution is -0.0436. The van der Waals surface area contributed by atoms with E-state index in [1.54, 1.807) is 0 Å². The molecule has 12 heteroatoms. The number of oxime groups is 1. The molecule has 0 bridgehead atoms. The van der Waals surface area contributed by atoms with Gasteiger partial charge in [-0.25, -0.2) is 22.5 Å². The summed E-state index contributed by atoms with van der Waals surface area (Å²) in [6.45, 7) is 3.35. The van der Waals surface area contributed by atoms with Crippen LogP contribution in [0.5, 0.6) is 0 Å². The Hall–Kier alpha value is -2.76. The van der Waals surface area contributed by atoms with Crippen LogP contribution in [-0.2, 0) is 14.7 Å². The molecule has 2 aromatic rings. The molecule has 0 spiro atoms. The van der Waals surface area contributed by atoms with Crippen LogP contribution in [0.4, 0.5) is 17.6 Å². The highest BCUT2D eigenvalue weighted by molar-refractivity contribution is 7.92. The molecular weight excluding hydrogens is 380 g/mol. The van der Waals surface area contributed by atoms with Gasteiger partial charge in [0.15, 0.2) is 0 Å². The Labute approximate surface area is 145 Å². The molecule has 26 heavy (non-hydrogen) atoms. The van der Waals surface area contributed by atoms with Crippen LogP contribution in [0, 0.1) is 0 Å². The lowest BCUT2D eigenvalue weighted by Crippen LogP contribution is -2.23. The van der Waals surface area contributed by atoms with Crippen LogP contribution in [0.1, 0.15) is 11.9 Å². The van der Waals surface area contributed by atoms with Gasteiger partial charge in [0.1, 0.15) is 25.0 Å². The predicted molar refractivity (Wildman–Crippen MR) is 82.5 cm³/mol. The van der Waals surface area contributed by atoms with E-state index in [9.17, 15) is 26.0 Å². The molecule has 0 saturated carbocycles. The maximum absolute atomic E-state index is 14.6. The van der Waals surface area contributed by atoms with Crippen molar-refractivity contribution in [3.8, 4) is 0 Å². The van der Waals surface area contributed by atoms with Crippen molar-refractivity contribution < 1.29 is 30.8 Å². The minimum atomic E-state index is -5.51. The molecule has 0 radical (unpaired) electrons. The third-order valence-electron chi connectivity index (χ3n) is 3.01. The van der Waals surface area contributed by atoms with Crippen molar-refractivity contribution in [2.75, 3.05) is 6.61 Å². The van der Waals surface area contributed by atoms with Gasteiger partial charge in [-0.05, 0) is 12.1 Å². The Kier molecular flexibility index (Phi) is 5.75. The van der Waals surface area contributed by atoms with E-state index in [2.05, 4.69) is 21.8 Å². The van der Waals surface area contributed by atoms with Crippen LogP contribution in [0.15, 0.2) is 59.6 Å². The summed E-state index contributed by atoms with van der Waals surface area (Å²) < 4.78 is 75.9. The lowest BCUT2D eigenvalue weighted by atomic mass is 10.1. The highest BCUT2D eigenvalue weighted by Crippen LogP contribution is 2.30. The van der Waals surface area contributed by atoms with E-state index in [4.69, 9.17) is 4.84 Å². The fourth-order valence-corrected chi connectivity index (χ4v) is 2.55. The highest BCUT2D eigenvalue weighted by atomic mass is 32.2. The van der Waals surface area contributed by atoms with Crippen LogP contribution < -0.4 is 0 Å². The van der Waals surface area contributed by atoms with Crippen molar-refractivity contribution in [3.05, 3.63) is 55.1 Å². The second kappa shape index (κ2) is 7.64. The van der Waals surface area contributed by atoms with Crippen molar-refractivity contribution >= 4 is 15.5 Å². The van der Waals surface area contributed by atoms with Crippen LogP contribution in [0.25, 0.3) is 0 Å². The molecule has 7 nitrogen and oxygen atoms in total. The van der Waals surface area contributed by atoms with Crippen molar-refractivity contribution in [1.82, 2.24) is 14.8 Å². The average molecular weight is 392 g/mol. The number of hydrogen-bond acceptors (Lipinski definition) is 6. The minimum absolute atomic E-state index is 0.00168. The molecule has 0 aliphatic carbocycles. The van der Waals surface area contributed by atoms with Gasteiger partial charge in [0, 0.05) is 5.56 Å². The number of nitrogens with zero attached hydrogens (tertiary/aromatic N) is 4. The second-order valence-corrected chi connectivity index (χ2v) is 6.69.